The lowest BCUT2D eigenvalue weighted by Crippen LogP contribution is -2.53. The van der Waals surface area contributed by atoms with E-state index in [0.29, 0.717) is 0 Å². The lowest BCUT2D eigenvalue weighted by molar-refractivity contribution is -0.136. The number of halogens is 1. The number of imide groups is 1. The zero-order chi connectivity index (χ0) is 15.6. The molecule has 1 aliphatic heterocycles. The van der Waals surface area contributed by atoms with Crippen LogP contribution in [-0.2, 0) is 9.59 Å². The Bertz CT molecular complexity index is 629. The van der Waals surface area contributed by atoms with E-state index >= 15 is 0 Å². The molecule has 1 atom stereocenters. The van der Waals surface area contributed by atoms with Crippen molar-refractivity contribution >= 4 is 24.0 Å². The maximum Gasteiger partial charge on any atom is 0.255 e. The molecule has 3 amide bonds. The highest BCUT2D eigenvalue weighted by molar-refractivity contribution is 6.06. The largest absolute Gasteiger partial charge is 0.330 e. The fraction of sp³-hybridized carbons (Fsp3) is 0.286. The minimum atomic E-state index is -0.821. The molecule has 7 heteroatoms. The molecule has 0 bridgehead atoms. The topological polar surface area (TPSA) is 83.6 Å². The number of carbonyl (C=O) groups excluding carboxylic acids is 4. The number of carbonyl (C=O) groups is 4. The molecule has 0 spiro atoms. The number of likely N-dealkylation sites (N-methyl/N-ethyl adjacent to an activating group) is 1. The Labute approximate surface area is 119 Å². The Balaban J connectivity index is 2.28. The first-order valence-electron chi connectivity index (χ1n) is 6.30. The van der Waals surface area contributed by atoms with Gasteiger partial charge in [-0.3, -0.25) is 24.5 Å². The maximum atomic E-state index is 13.5. The molecule has 1 aromatic carbocycles. The first-order valence-corrected chi connectivity index (χ1v) is 6.30. The van der Waals surface area contributed by atoms with Gasteiger partial charge >= 0.3 is 0 Å². The zero-order valence-corrected chi connectivity index (χ0v) is 11.3. The van der Waals surface area contributed by atoms with Crippen LogP contribution in [0, 0.1) is 5.82 Å². The van der Waals surface area contributed by atoms with Crippen molar-refractivity contribution in [2.24, 2.45) is 0 Å². The van der Waals surface area contributed by atoms with Crippen molar-refractivity contribution < 1.29 is 23.6 Å². The number of amides is 3. The molecule has 110 valence electrons. The van der Waals surface area contributed by atoms with Crippen LogP contribution in [-0.4, -0.2) is 42.0 Å². The molecule has 0 aromatic heterocycles. The molecule has 1 aromatic rings. The number of hydrogen-bond donors (Lipinski definition) is 1. The molecule has 6 nitrogen and oxygen atoms in total. The van der Waals surface area contributed by atoms with Gasteiger partial charge in [0, 0.05) is 13.5 Å². The highest BCUT2D eigenvalue weighted by atomic mass is 19.1. The molecule has 0 aliphatic carbocycles. The van der Waals surface area contributed by atoms with Crippen LogP contribution < -0.4 is 5.32 Å². The van der Waals surface area contributed by atoms with Crippen LogP contribution in [0.4, 0.5) is 4.39 Å². The first-order chi connectivity index (χ1) is 9.95. The quantitative estimate of drug-likeness (QED) is 0.650. The van der Waals surface area contributed by atoms with E-state index < -0.39 is 29.6 Å². The molecule has 1 N–H and O–H groups in total. The summed E-state index contributed by atoms with van der Waals surface area (Å²) in [5, 5.41) is 2.14. The van der Waals surface area contributed by atoms with Gasteiger partial charge in [0.2, 0.25) is 11.8 Å². The Morgan fingerprint density at radius 1 is 1.43 bits per heavy atom. The van der Waals surface area contributed by atoms with Crippen LogP contribution in [0.15, 0.2) is 18.2 Å². The highest BCUT2D eigenvalue weighted by Crippen LogP contribution is 2.17. The van der Waals surface area contributed by atoms with Crippen molar-refractivity contribution in [3.8, 4) is 0 Å². The monoisotopic (exact) mass is 292 g/mol. The fourth-order valence-corrected chi connectivity index (χ4v) is 2.23. The molecular weight excluding hydrogens is 279 g/mol. The number of nitrogens with zero attached hydrogens (tertiary/aromatic N) is 1. The molecular formula is C14H13FN2O4. The summed E-state index contributed by atoms with van der Waals surface area (Å²) < 4.78 is 13.5. The van der Waals surface area contributed by atoms with E-state index in [2.05, 4.69) is 5.32 Å². The van der Waals surface area contributed by atoms with Gasteiger partial charge in [-0.05, 0) is 18.6 Å². The van der Waals surface area contributed by atoms with Crippen molar-refractivity contribution in [1.82, 2.24) is 10.2 Å². The van der Waals surface area contributed by atoms with Crippen LogP contribution >= 0.6 is 0 Å². The third-order valence-electron chi connectivity index (χ3n) is 3.40. The molecule has 1 aliphatic rings. The van der Waals surface area contributed by atoms with E-state index in [0.717, 1.165) is 11.0 Å². The summed E-state index contributed by atoms with van der Waals surface area (Å²) in [6, 6.07) is 2.88. The van der Waals surface area contributed by atoms with Gasteiger partial charge in [0.1, 0.15) is 11.9 Å². The molecule has 1 saturated heterocycles. The Morgan fingerprint density at radius 3 is 2.76 bits per heavy atom. The predicted molar refractivity (Wildman–Crippen MR) is 70.1 cm³/mol. The van der Waals surface area contributed by atoms with Gasteiger partial charge < -0.3 is 4.90 Å². The van der Waals surface area contributed by atoms with Crippen molar-refractivity contribution in [2.75, 3.05) is 7.05 Å². The van der Waals surface area contributed by atoms with Crippen molar-refractivity contribution in [2.45, 2.75) is 18.9 Å². The van der Waals surface area contributed by atoms with E-state index in [-0.39, 0.29) is 30.3 Å². The molecule has 1 unspecified atom stereocenters. The minimum Gasteiger partial charge on any atom is -0.330 e. The smallest absolute Gasteiger partial charge is 0.255 e. The summed E-state index contributed by atoms with van der Waals surface area (Å²) in [6.07, 6.45) is 0.581. The number of hydrogen-bond acceptors (Lipinski definition) is 4. The Hall–Kier alpha value is -2.57. The molecule has 1 heterocycles. The van der Waals surface area contributed by atoms with Gasteiger partial charge in [-0.15, -0.1) is 0 Å². The number of aldehydes is 1. The summed E-state index contributed by atoms with van der Waals surface area (Å²) in [7, 11) is 1.38. The summed E-state index contributed by atoms with van der Waals surface area (Å²) >= 11 is 0. The average molecular weight is 292 g/mol. The van der Waals surface area contributed by atoms with E-state index in [1.807, 2.05) is 0 Å². The highest BCUT2D eigenvalue weighted by Gasteiger charge is 2.33. The number of nitrogens with one attached hydrogen (secondary N) is 1. The number of piperidine rings is 1. The van der Waals surface area contributed by atoms with Crippen LogP contribution in [0.25, 0.3) is 0 Å². The fourth-order valence-electron chi connectivity index (χ4n) is 2.23. The van der Waals surface area contributed by atoms with Gasteiger partial charge in [0.25, 0.3) is 5.91 Å². The van der Waals surface area contributed by atoms with Gasteiger partial charge in [-0.25, -0.2) is 4.39 Å². The third kappa shape index (κ3) is 2.81. The lowest BCUT2D eigenvalue weighted by Gasteiger charge is -2.30. The van der Waals surface area contributed by atoms with Gasteiger partial charge in [-0.2, -0.15) is 0 Å². The second kappa shape index (κ2) is 5.82. The summed E-state index contributed by atoms with van der Waals surface area (Å²) in [5.41, 5.74) is -0.459. The summed E-state index contributed by atoms with van der Waals surface area (Å²) in [5.74, 6) is -2.42. The summed E-state index contributed by atoms with van der Waals surface area (Å²) in [4.78, 5) is 47.2. The summed E-state index contributed by atoms with van der Waals surface area (Å²) in [6.45, 7) is 0. The molecule has 21 heavy (non-hydrogen) atoms. The number of benzene rings is 1. The van der Waals surface area contributed by atoms with E-state index in [1.165, 1.54) is 19.2 Å². The van der Waals surface area contributed by atoms with Crippen molar-refractivity contribution in [1.29, 1.82) is 0 Å². The van der Waals surface area contributed by atoms with Gasteiger partial charge in [0.05, 0.1) is 11.1 Å². The third-order valence-corrected chi connectivity index (χ3v) is 3.40. The second-order valence-corrected chi connectivity index (χ2v) is 4.70. The SMILES string of the molecule is CN(C(=O)c1cccc(F)c1C=O)C1CCC(=O)NC1=O. The van der Waals surface area contributed by atoms with E-state index in [4.69, 9.17) is 0 Å². The van der Waals surface area contributed by atoms with E-state index in [9.17, 15) is 23.6 Å². The zero-order valence-electron chi connectivity index (χ0n) is 11.3. The first kappa shape index (κ1) is 14.8. The normalized spacial score (nSPS) is 18.1. The predicted octanol–water partition coefficient (Wildman–Crippen LogP) is 0.515. The molecule has 2 rings (SSSR count). The van der Waals surface area contributed by atoms with Crippen molar-refractivity contribution in [3.05, 3.63) is 35.1 Å². The van der Waals surface area contributed by atoms with Crippen LogP contribution in [0.3, 0.4) is 0 Å². The van der Waals surface area contributed by atoms with Crippen LogP contribution in [0.2, 0.25) is 0 Å². The number of rotatable bonds is 3. The molecule has 0 radical (unpaired) electrons. The average Bonchev–Trinajstić information content (AvgIpc) is 2.45. The Kier molecular flexibility index (Phi) is 4.11. The van der Waals surface area contributed by atoms with Crippen LogP contribution in [0.1, 0.15) is 33.6 Å². The van der Waals surface area contributed by atoms with Gasteiger partial charge in [0.15, 0.2) is 6.29 Å². The second-order valence-electron chi connectivity index (χ2n) is 4.70. The standard InChI is InChI=1S/C14H13FN2O4/c1-17(11-5-6-12(19)16-13(11)20)14(21)8-3-2-4-10(15)9(8)7-18/h2-4,7,11H,5-6H2,1H3,(H,16,19,20). The lowest BCUT2D eigenvalue weighted by atomic mass is 10.0. The maximum absolute atomic E-state index is 13.5. The minimum absolute atomic E-state index is 0.114. The molecule has 0 saturated carbocycles. The van der Waals surface area contributed by atoms with Crippen molar-refractivity contribution in [3.63, 3.8) is 0 Å². The Morgan fingerprint density at radius 2 is 2.14 bits per heavy atom. The molecule has 1 fully saturated rings. The van der Waals surface area contributed by atoms with Gasteiger partial charge in [-0.1, -0.05) is 6.07 Å². The van der Waals surface area contributed by atoms with E-state index in [1.54, 1.807) is 0 Å². The van der Waals surface area contributed by atoms with Crippen LogP contribution in [0.5, 0.6) is 0 Å².